The number of nitrogens with zero attached hydrogens (tertiary/aromatic N) is 1. The minimum atomic E-state index is 0.385. The molecule has 0 amide bonds. The third-order valence-corrected chi connectivity index (χ3v) is 3.53. The molecule has 0 spiro atoms. The molecular weight excluding hydrogens is 358 g/mol. The molecule has 0 bridgehead atoms. The maximum atomic E-state index is 5.94. The molecule has 5 nitrogen and oxygen atoms in total. The third kappa shape index (κ3) is 5.92. The van der Waals surface area contributed by atoms with Crippen molar-refractivity contribution in [2.45, 2.75) is 6.54 Å². The molecule has 0 saturated heterocycles. The summed E-state index contributed by atoms with van der Waals surface area (Å²) < 4.78 is 11.8. The Kier molecular flexibility index (Phi) is 6.90. The van der Waals surface area contributed by atoms with Gasteiger partial charge in [-0.1, -0.05) is 40.2 Å². The van der Waals surface area contributed by atoms with Crippen molar-refractivity contribution in [2.24, 2.45) is 10.7 Å². The highest BCUT2D eigenvalue weighted by molar-refractivity contribution is 9.10. The summed E-state index contributed by atoms with van der Waals surface area (Å²) in [5.74, 6) is 1.91. The predicted molar refractivity (Wildman–Crippen MR) is 95.9 cm³/mol. The van der Waals surface area contributed by atoms with Gasteiger partial charge in [0.05, 0.1) is 13.2 Å². The first kappa shape index (κ1) is 17.3. The van der Waals surface area contributed by atoms with Crippen molar-refractivity contribution in [1.82, 2.24) is 5.32 Å². The highest BCUT2D eigenvalue weighted by atomic mass is 79.9. The molecular formula is C17H20BrN3O2. The SMILES string of the molecule is COCCNC(N)=NCc1ccc(Br)cc1Oc1ccccc1. The monoisotopic (exact) mass is 377 g/mol. The molecule has 0 aliphatic carbocycles. The van der Waals surface area contributed by atoms with Gasteiger partial charge in [-0.15, -0.1) is 0 Å². The Morgan fingerprint density at radius 3 is 2.74 bits per heavy atom. The van der Waals surface area contributed by atoms with Gasteiger partial charge in [0.15, 0.2) is 5.96 Å². The Bertz CT molecular complexity index is 648. The van der Waals surface area contributed by atoms with Gasteiger partial charge >= 0.3 is 0 Å². The zero-order chi connectivity index (χ0) is 16.5. The number of para-hydroxylation sites is 1. The van der Waals surface area contributed by atoms with E-state index in [4.69, 9.17) is 15.2 Å². The first-order chi connectivity index (χ1) is 11.2. The minimum Gasteiger partial charge on any atom is -0.457 e. The molecule has 2 rings (SSSR count). The zero-order valence-electron chi connectivity index (χ0n) is 13.0. The molecule has 2 aromatic rings. The van der Waals surface area contributed by atoms with E-state index in [2.05, 4.69) is 26.2 Å². The largest absolute Gasteiger partial charge is 0.457 e. The molecule has 0 saturated carbocycles. The van der Waals surface area contributed by atoms with Crippen LogP contribution in [0.5, 0.6) is 11.5 Å². The molecule has 3 N–H and O–H groups in total. The van der Waals surface area contributed by atoms with Crippen molar-refractivity contribution in [2.75, 3.05) is 20.3 Å². The van der Waals surface area contributed by atoms with Crippen LogP contribution in [-0.2, 0) is 11.3 Å². The number of aliphatic imine (C=N–C) groups is 1. The lowest BCUT2D eigenvalue weighted by Gasteiger charge is -2.11. The number of nitrogens with two attached hydrogens (primary N) is 1. The van der Waals surface area contributed by atoms with E-state index in [0.717, 1.165) is 21.5 Å². The maximum Gasteiger partial charge on any atom is 0.189 e. The predicted octanol–water partition coefficient (Wildman–Crippen LogP) is 3.29. The summed E-state index contributed by atoms with van der Waals surface area (Å²) in [5.41, 5.74) is 6.78. The molecule has 0 unspecified atom stereocenters. The second-order valence-electron chi connectivity index (χ2n) is 4.79. The van der Waals surface area contributed by atoms with Gasteiger partial charge in [0, 0.05) is 23.7 Å². The first-order valence-corrected chi connectivity index (χ1v) is 8.02. The normalized spacial score (nSPS) is 11.3. The van der Waals surface area contributed by atoms with Crippen molar-refractivity contribution in [1.29, 1.82) is 0 Å². The number of ether oxygens (including phenoxy) is 2. The molecule has 6 heteroatoms. The summed E-state index contributed by atoms with van der Waals surface area (Å²) in [6, 6.07) is 15.5. The number of rotatable bonds is 7. The summed E-state index contributed by atoms with van der Waals surface area (Å²) in [6.07, 6.45) is 0. The fourth-order valence-electron chi connectivity index (χ4n) is 1.88. The van der Waals surface area contributed by atoms with E-state index < -0.39 is 0 Å². The molecule has 122 valence electrons. The minimum absolute atomic E-state index is 0.385. The summed E-state index contributed by atoms with van der Waals surface area (Å²) in [6.45, 7) is 1.64. The van der Waals surface area contributed by atoms with Crippen LogP contribution >= 0.6 is 15.9 Å². The molecule has 0 fully saturated rings. The van der Waals surface area contributed by atoms with E-state index in [9.17, 15) is 0 Å². The molecule has 0 radical (unpaired) electrons. The van der Waals surface area contributed by atoms with Gasteiger partial charge in [-0.3, -0.25) is 0 Å². The van der Waals surface area contributed by atoms with Crippen LogP contribution in [0.4, 0.5) is 0 Å². The van der Waals surface area contributed by atoms with Crippen LogP contribution in [0.15, 0.2) is 58.0 Å². The summed E-state index contributed by atoms with van der Waals surface area (Å²) >= 11 is 3.47. The van der Waals surface area contributed by atoms with Gasteiger partial charge in [-0.2, -0.15) is 0 Å². The number of nitrogens with one attached hydrogen (secondary N) is 1. The van der Waals surface area contributed by atoms with Crippen LogP contribution < -0.4 is 15.8 Å². The second-order valence-corrected chi connectivity index (χ2v) is 5.70. The topological polar surface area (TPSA) is 68.9 Å². The Morgan fingerprint density at radius 1 is 1.22 bits per heavy atom. The van der Waals surface area contributed by atoms with E-state index in [-0.39, 0.29) is 0 Å². The van der Waals surface area contributed by atoms with Crippen molar-refractivity contribution in [3.8, 4) is 11.5 Å². The highest BCUT2D eigenvalue weighted by Gasteiger charge is 2.06. The standard InChI is InChI=1S/C17H20BrN3O2/c1-22-10-9-20-17(19)21-12-13-7-8-14(18)11-16(13)23-15-5-3-2-4-6-15/h2-8,11H,9-10,12H2,1H3,(H3,19,20,21). The van der Waals surface area contributed by atoms with Crippen molar-refractivity contribution < 1.29 is 9.47 Å². The van der Waals surface area contributed by atoms with Crippen molar-refractivity contribution >= 4 is 21.9 Å². The van der Waals surface area contributed by atoms with E-state index in [1.54, 1.807) is 7.11 Å². The molecule has 0 aliphatic rings. The number of hydrogen-bond acceptors (Lipinski definition) is 3. The first-order valence-electron chi connectivity index (χ1n) is 7.23. The summed E-state index contributed by atoms with van der Waals surface area (Å²) in [7, 11) is 1.64. The van der Waals surface area contributed by atoms with Crippen molar-refractivity contribution in [3.05, 3.63) is 58.6 Å². The van der Waals surface area contributed by atoms with Crippen LogP contribution in [0.2, 0.25) is 0 Å². The number of benzene rings is 2. The lowest BCUT2D eigenvalue weighted by atomic mass is 10.2. The molecule has 0 atom stereocenters. The van der Waals surface area contributed by atoms with Crippen LogP contribution in [0, 0.1) is 0 Å². The quantitative estimate of drug-likeness (QED) is 0.441. The van der Waals surface area contributed by atoms with Crippen LogP contribution in [0.3, 0.4) is 0 Å². The zero-order valence-corrected chi connectivity index (χ0v) is 14.5. The average molecular weight is 378 g/mol. The third-order valence-electron chi connectivity index (χ3n) is 3.03. The smallest absolute Gasteiger partial charge is 0.189 e. The Morgan fingerprint density at radius 2 is 2.00 bits per heavy atom. The lowest BCUT2D eigenvalue weighted by molar-refractivity contribution is 0.204. The number of guanidine groups is 1. The fraction of sp³-hybridized carbons (Fsp3) is 0.235. The molecule has 0 aliphatic heterocycles. The average Bonchev–Trinajstić information content (AvgIpc) is 2.55. The maximum absolute atomic E-state index is 5.94. The summed E-state index contributed by atoms with van der Waals surface area (Å²) in [5, 5.41) is 2.99. The Hall–Kier alpha value is -2.05. The van der Waals surface area contributed by atoms with Gasteiger partial charge in [-0.25, -0.2) is 4.99 Å². The van der Waals surface area contributed by atoms with E-state index >= 15 is 0 Å². The van der Waals surface area contributed by atoms with Gasteiger partial charge in [0.1, 0.15) is 11.5 Å². The Labute approximate surface area is 144 Å². The molecule has 2 aromatic carbocycles. The van der Waals surface area contributed by atoms with E-state index in [1.807, 2.05) is 48.5 Å². The van der Waals surface area contributed by atoms with Gasteiger partial charge in [0.25, 0.3) is 0 Å². The van der Waals surface area contributed by atoms with Gasteiger partial charge in [-0.05, 0) is 24.3 Å². The summed E-state index contributed by atoms with van der Waals surface area (Å²) in [4.78, 5) is 4.33. The van der Waals surface area contributed by atoms with Crippen LogP contribution in [0.1, 0.15) is 5.56 Å². The number of hydrogen-bond donors (Lipinski definition) is 2. The Balaban J connectivity index is 2.08. The van der Waals surface area contributed by atoms with E-state index in [0.29, 0.717) is 25.7 Å². The number of methoxy groups -OCH3 is 1. The van der Waals surface area contributed by atoms with Gasteiger partial charge in [0.2, 0.25) is 0 Å². The molecule has 23 heavy (non-hydrogen) atoms. The van der Waals surface area contributed by atoms with Crippen LogP contribution in [0.25, 0.3) is 0 Å². The highest BCUT2D eigenvalue weighted by Crippen LogP contribution is 2.29. The molecule has 0 heterocycles. The van der Waals surface area contributed by atoms with Crippen molar-refractivity contribution in [3.63, 3.8) is 0 Å². The second kappa shape index (κ2) is 9.17. The number of halogens is 1. The van der Waals surface area contributed by atoms with Crippen LogP contribution in [-0.4, -0.2) is 26.2 Å². The van der Waals surface area contributed by atoms with E-state index in [1.165, 1.54) is 0 Å². The molecule has 0 aromatic heterocycles. The van der Waals surface area contributed by atoms with Gasteiger partial charge < -0.3 is 20.5 Å². The lowest BCUT2D eigenvalue weighted by Crippen LogP contribution is -2.34. The fourth-order valence-corrected chi connectivity index (χ4v) is 2.22.